The summed E-state index contributed by atoms with van der Waals surface area (Å²) >= 11 is 0. The van der Waals surface area contributed by atoms with Crippen molar-refractivity contribution in [3.05, 3.63) is 29.3 Å². The molecule has 1 aromatic carbocycles. The van der Waals surface area contributed by atoms with Crippen molar-refractivity contribution in [3.8, 4) is 0 Å². The summed E-state index contributed by atoms with van der Waals surface area (Å²) in [5.74, 6) is 0.0545. The fraction of sp³-hybridized carbons (Fsp3) is 0.533. The van der Waals surface area contributed by atoms with E-state index in [9.17, 15) is 13.2 Å². The Balaban J connectivity index is 1.72. The molecule has 0 spiro atoms. The summed E-state index contributed by atoms with van der Waals surface area (Å²) in [6, 6.07) is 5.70. The van der Waals surface area contributed by atoms with Crippen molar-refractivity contribution in [1.29, 1.82) is 0 Å². The van der Waals surface area contributed by atoms with E-state index in [-0.39, 0.29) is 18.2 Å². The summed E-state index contributed by atoms with van der Waals surface area (Å²) in [4.78, 5) is 12.3. The molecule has 6 heteroatoms. The Hall–Kier alpha value is -1.56. The number of sulfone groups is 1. The van der Waals surface area contributed by atoms with Gasteiger partial charge in [0.2, 0.25) is 0 Å². The molecule has 5 nitrogen and oxygen atoms in total. The molecule has 2 aliphatic heterocycles. The first-order valence-corrected chi connectivity index (χ1v) is 9.15. The molecule has 1 unspecified atom stereocenters. The lowest BCUT2D eigenvalue weighted by atomic mass is 9.99. The second-order valence-corrected chi connectivity index (χ2v) is 8.11. The predicted octanol–water partition coefficient (Wildman–Crippen LogP) is 1.35. The monoisotopic (exact) mass is 308 g/mol. The van der Waals surface area contributed by atoms with Crippen molar-refractivity contribution < 1.29 is 13.2 Å². The zero-order chi connectivity index (χ0) is 14.9. The zero-order valence-corrected chi connectivity index (χ0v) is 12.7. The van der Waals surface area contributed by atoms with Crippen LogP contribution in [0.2, 0.25) is 0 Å². The molecule has 1 atom stereocenters. The van der Waals surface area contributed by atoms with Crippen LogP contribution in [0.1, 0.15) is 35.2 Å². The molecule has 0 aliphatic carbocycles. The minimum absolute atomic E-state index is 0.191. The number of fused-ring (bicyclic) bond motifs is 1. The van der Waals surface area contributed by atoms with Gasteiger partial charge in [0.1, 0.15) is 0 Å². The SMILES string of the molecule is O=C(NCC1CCCS1(=O)=O)c1cccc2c1NCCC2. The Bertz CT molecular complexity index is 655. The van der Waals surface area contributed by atoms with Crippen LogP contribution in [0.5, 0.6) is 0 Å². The van der Waals surface area contributed by atoms with E-state index in [0.29, 0.717) is 18.4 Å². The molecule has 21 heavy (non-hydrogen) atoms. The number of carbonyl (C=O) groups is 1. The van der Waals surface area contributed by atoms with E-state index in [4.69, 9.17) is 0 Å². The molecule has 2 N–H and O–H groups in total. The lowest BCUT2D eigenvalue weighted by molar-refractivity contribution is 0.0954. The third-order valence-electron chi connectivity index (χ3n) is 4.27. The van der Waals surface area contributed by atoms with Gasteiger partial charge < -0.3 is 10.6 Å². The van der Waals surface area contributed by atoms with Gasteiger partial charge in [-0.15, -0.1) is 0 Å². The lowest BCUT2D eigenvalue weighted by Crippen LogP contribution is -2.35. The van der Waals surface area contributed by atoms with E-state index in [1.807, 2.05) is 12.1 Å². The number of nitrogens with one attached hydrogen (secondary N) is 2. The quantitative estimate of drug-likeness (QED) is 0.884. The highest BCUT2D eigenvalue weighted by Crippen LogP contribution is 2.26. The topological polar surface area (TPSA) is 75.3 Å². The fourth-order valence-corrected chi connectivity index (χ4v) is 4.85. The minimum atomic E-state index is -3.01. The molecule has 0 radical (unpaired) electrons. The highest BCUT2D eigenvalue weighted by molar-refractivity contribution is 7.92. The van der Waals surface area contributed by atoms with Crippen molar-refractivity contribution in [2.45, 2.75) is 30.9 Å². The molecule has 0 bridgehead atoms. The number of para-hydroxylation sites is 1. The van der Waals surface area contributed by atoms with Gasteiger partial charge in [-0.1, -0.05) is 12.1 Å². The van der Waals surface area contributed by atoms with Gasteiger partial charge >= 0.3 is 0 Å². The highest BCUT2D eigenvalue weighted by Gasteiger charge is 2.31. The van der Waals surface area contributed by atoms with Gasteiger partial charge in [0, 0.05) is 13.1 Å². The third kappa shape index (κ3) is 2.90. The summed E-state index contributed by atoms with van der Waals surface area (Å²) in [6.07, 6.45) is 3.39. The van der Waals surface area contributed by atoms with E-state index in [2.05, 4.69) is 10.6 Å². The zero-order valence-electron chi connectivity index (χ0n) is 11.9. The Labute approximate surface area is 125 Å². The van der Waals surface area contributed by atoms with Gasteiger partial charge in [-0.2, -0.15) is 0 Å². The molecule has 1 fully saturated rings. The van der Waals surface area contributed by atoms with E-state index in [0.717, 1.165) is 30.6 Å². The van der Waals surface area contributed by atoms with Crippen LogP contribution < -0.4 is 10.6 Å². The van der Waals surface area contributed by atoms with Crippen LogP contribution in [0.3, 0.4) is 0 Å². The second kappa shape index (κ2) is 5.67. The fourth-order valence-electron chi connectivity index (χ4n) is 3.09. The number of carbonyl (C=O) groups excluding carboxylic acids is 1. The van der Waals surface area contributed by atoms with Crippen molar-refractivity contribution in [2.75, 3.05) is 24.2 Å². The van der Waals surface area contributed by atoms with Crippen LogP contribution in [-0.2, 0) is 16.3 Å². The van der Waals surface area contributed by atoms with Gasteiger partial charge in [0.25, 0.3) is 5.91 Å². The van der Waals surface area contributed by atoms with Crippen molar-refractivity contribution in [3.63, 3.8) is 0 Å². The van der Waals surface area contributed by atoms with Gasteiger partial charge in [-0.05, 0) is 37.3 Å². The number of aryl methyl sites for hydroxylation is 1. The summed E-state index contributed by atoms with van der Waals surface area (Å²) in [5, 5.41) is 5.64. The largest absolute Gasteiger partial charge is 0.384 e. The first-order valence-electron chi connectivity index (χ1n) is 7.43. The maximum Gasteiger partial charge on any atom is 0.253 e. The lowest BCUT2D eigenvalue weighted by Gasteiger charge is -2.21. The Morgan fingerprint density at radius 2 is 2.19 bits per heavy atom. The normalized spacial score (nSPS) is 23.1. The summed E-state index contributed by atoms with van der Waals surface area (Å²) in [6.45, 7) is 1.08. The van der Waals surface area contributed by atoms with Gasteiger partial charge in [-0.3, -0.25) is 4.79 Å². The van der Waals surface area contributed by atoms with Crippen LogP contribution in [0.25, 0.3) is 0 Å². The molecule has 1 aromatic rings. The van der Waals surface area contributed by atoms with E-state index < -0.39 is 15.1 Å². The molecule has 2 heterocycles. The van der Waals surface area contributed by atoms with Crippen molar-refractivity contribution in [2.24, 2.45) is 0 Å². The Kier molecular flexibility index (Phi) is 3.89. The van der Waals surface area contributed by atoms with Gasteiger partial charge in [0.15, 0.2) is 9.84 Å². The number of amides is 1. The van der Waals surface area contributed by atoms with Crippen LogP contribution in [0.4, 0.5) is 5.69 Å². The first-order chi connectivity index (χ1) is 10.1. The van der Waals surface area contributed by atoms with E-state index >= 15 is 0 Å². The van der Waals surface area contributed by atoms with Crippen LogP contribution >= 0.6 is 0 Å². The molecular weight excluding hydrogens is 288 g/mol. The molecular formula is C15H20N2O3S. The summed E-state index contributed by atoms with van der Waals surface area (Å²) in [7, 11) is -3.01. The molecule has 1 saturated heterocycles. The molecule has 1 amide bonds. The third-order valence-corrected chi connectivity index (χ3v) is 6.55. The van der Waals surface area contributed by atoms with E-state index in [1.54, 1.807) is 6.07 Å². The minimum Gasteiger partial charge on any atom is -0.384 e. The number of anilines is 1. The average molecular weight is 308 g/mol. The predicted molar refractivity (Wildman–Crippen MR) is 82.4 cm³/mol. The summed E-state index contributed by atoms with van der Waals surface area (Å²) in [5.41, 5.74) is 2.67. The van der Waals surface area contributed by atoms with Crippen LogP contribution in [0, 0.1) is 0 Å². The van der Waals surface area contributed by atoms with Crippen molar-refractivity contribution in [1.82, 2.24) is 5.32 Å². The van der Waals surface area contributed by atoms with Gasteiger partial charge in [-0.25, -0.2) is 8.42 Å². The number of rotatable bonds is 3. The number of hydrogen-bond donors (Lipinski definition) is 2. The smallest absolute Gasteiger partial charge is 0.253 e. The molecule has 114 valence electrons. The van der Waals surface area contributed by atoms with Crippen LogP contribution in [0.15, 0.2) is 18.2 Å². The average Bonchev–Trinajstić information content (AvgIpc) is 2.83. The maximum atomic E-state index is 12.3. The molecule has 0 saturated carbocycles. The molecule has 3 rings (SSSR count). The maximum absolute atomic E-state index is 12.3. The number of benzene rings is 1. The van der Waals surface area contributed by atoms with Gasteiger partial charge in [0.05, 0.1) is 22.3 Å². The van der Waals surface area contributed by atoms with Crippen LogP contribution in [-0.4, -0.2) is 38.4 Å². The molecule has 0 aromatic heterocycles. The van der Waals surface area contributed by atoms with E-state index in [1.165, 1.54) is 0 Å². The Morgan fingerprint density at radius 1 is 1.33 bits per heavy atom. The van der Waals surface area contributed by atoms with Crippen molar-refractivity contribution >= 4 is 21.4 Å². The Morgan fingerprint density at radius 3 is 2.95 bits per heavy atom. The standard InChI is InChI=1S/C15H20N2O3S/c18-15(17-10-12-6-3-9-21(12,19)20)13-7-1-4-11-5-2-8-16-14(11)13/h1,4,7,12,16H,2-3,5-6,8-10H2,(H,17,18). The number of hydrogen-bond acceptors (Lipinski definition) is 4. The highest BCUT2D eigenvalue weighted by atomic mass is 32.2. The first kappa shape index (κ1) is 14.4. The molecule has 2 aliphatic rings. The second-order valence-electron chi connectivity index (χ2n) is 5.71. The summed E-state index contributed by atoms with van der Waals surface area (Å²) < 4.78 is 23.6.